The summed E-state index contributed by atoms with van der Waals surface area (Å²) in [6.07, 6.45) is -0.504. The summed E-state index contributed by atoms with van der Waals surface area (Å²) in [6, 6.07) is 14.2. The molecule has 0 saturated heterocycles. The van der Waals surface area contributed by atoms with E-state index in [1.807, 2.05) is 37.3 Å². The van der Waals surface area contributed by atoms with Crippen LogP contribution < -0.4 is 5.32 Å². The van der Waals surface area contributed by atoms with Gasteiger partial charge in [0.15, 0.2) is 0 Å². The molecule has 0 aliphatic carbocycles. The van der Waals surface area contributed by atoms with Gasteiger partial charge in [0.2, 0.25) is 0 Å². The molecule has 2 aromatic rings. The van der Waals surface area contributed by atoms with E-state index < -0.39 is 6.10 Å². The van der Waals surface area contributed by atoms with Gasteiger partial charge in [-0.25, -0.2) is 0 Å². The van der Waals surface area contributed by atoms with Crippen molar-refractivity contribution in [2.75, 3.05) is 26.3 Å². The van der Waals surface area contributed by atoms with Crippen molar-refractivity contribution < 1.29 is 9.84 Å². The van der Waals surface area contributed by atoms with Crippen LogP contribution in [0.25, 0.3) is 10.8 Å². The Kier molecular flexibility index (Phi) is 5.93. The lowest BCUT2D eigenvalue weighted by atomic mass is 10.0. The number of hydrogen-bond donors (Lipinski definition) is 2. The lowest BCUT2D eigenvalue weighted by Gasteiger charge is -2.13. The van der Waals surface area contributed by atoms with Gasteiger partial charge in [-0.1, -0.05) is 48.6 Å². The number of rotatable bonds is 8. The Morgan fingerprint density at radius 2 is 2.00 bits per heavy atom. The van der Waals surface area contributed by atoms with Crippen molar-refractivity contribution >= 4 is 10.8 Å². The van der Waals surface area contributed by atoms with Gasteiger partial charge < -0.3 is 15.2 Å². The number of aliphatic hydroxyl groups excluding tert-OH is 1. The SMILES string of the molecule is C=C(C)COCCNCC(O)c1ccc2ccccc2c1. The van der Waals surface area contributed by atoms with Crippen LogP contribution >= 0.6 is 0 Å². The van der Waals surface area contributed by atoms with Gasteiger partial charge in [0, 0.05) is 13.1 Å². The van der Waals surface area contributed by atoms with Crippen LogP contribution in [0.5, 0.6) is 0 Å². The monoisotopic (exact) mass is 285 g/mol. The minimum atomic E-state index is -0.504. The molecule has 0 amide bonds. The van der Waals surface area contributed by atoms with Gasteiger partial charge in [-0.3, -0.25) is 0 Å². The van der Waals surface area contributed by atoms with E-state index in [4.69, 9.17) is 4.74 Å². The number of fused-ring (bicyclic) bond motifs is 1. The van der Waals surface area contributed by atoms with Gasteiger partial charge in [0.05, 0.1) is 19.3 Å². The average Bonchev–Trinajstić information content (AvgIpc) is 2.49. The minimum absolute atomic E-state index is 0.504. The van der Waals surface area contributed by atoms with Crippen LogP contribution in [-0.2, 0) is 4.74 Å². The van der Waals surface area contributed by atoms with Gasteiger partial charge in [-0.05, 0) is 29.3 Å². The highest BCUT2D eigenvalue weighted by Gasteiger charge is 2.07. The summed E-state index contributed by atoms with van der Waals surface area (Å²) in [5.41, 5.74) is 1.95. The second-order valence-corrected chi connectivity index (χ2v) is 5.34. The molecule has 1 atom stereocenters. The summed E-state index contributed by atoms with van der Waals surface area (Å²) < 4.78 is 5.40. The van der Waals surface area contributed by atoms with Gasteiger partial charge in [-0.2, -0.15) is 0 Å². The fraction of sp³-hybridized carbons (Fsp3) is 0.333. The van der Waals surface area contributed by atoms with Crippen molar-refractivity contribution in [3.63, 3.8) is 0 Å². The molecule has 0 spiro atoms. The largest absolute Gasteiger partial charge is 0.387 e. The summed E-state index contributed by atoms with van der Waals surface area (Å²) in [6.45, 7) is 8.18. The molecule has 3 heteroatoms. The lowest BCUT2D eigenvalue weighted by Crippen LogP contribution is -2.25. The first kappa shape index (κ1) is 15.7. The molecule has 112 valence electrons. The van der Waals surface area contributed by atoms with Crippen LogP contribution in [0.2, 0.25) is 0 Å². The van der Waals surface area contributed by atoms with Crippen molar-refractivity contribution in [1.29, 1.82) is 0 Å². The van der Waals surface area contributed by atoms with E-state index in [-0.39, 0.29) is 0 Å². The van der Waals surface area contributed by atoms with Gasteiger partial charge >= 0.3 is 0 Å². The number of nitrogens with one attached hydrogen (secondary N) is 1. The second-order valence-electron chi connectivity index (χ2n) is 5.34. The van der Waals surface area contributed by atoms with E-state index in [2.05, 4.69) is 24.0 Å². The first-order valence-corrected chi connectivity index (χ1v) is 7.26. The van der Waals surface area contributed by atoms with Crippen LogP contribution in [0, 0.1) is 0 Å². The van der Waals surface area contributed by atoms with Crippen molar-refractivity contribution in [1.82, 2.24) is 5.32 Å². The molecule has 2 aromatic carbocycles. The minimum Gasteiger partial charge on any atom is -0.387 e. The predicted molar refractivity (Wildman–Crippen MR) is 87.4 cm³/mol. The van der Waals surface area contributed by atoms with E-state index in [1.165, 1.54) is 5.39 Å². The molecule has 3 nitrogen and oxygen atoms in total. The average molecular weight is 285 g/mol. The Balaban J connectivity index is 1.79. The van der Waals surface area contributed by atoms with Gasteiger partial charge in [-0.15, -0.1) is 0 Å². The molecule has 0 aliphatic rings. The highest BCUT2D eigenvalue weighted by molar-refractivity contribution is 5.83. The van der Waals surface area contributed by atoms with Crippen molar-refractivity contribution in [3.05, 3.63) is 60.2 Å². The summed E-state index contributed by atoms with van der Waals surface area (Å²) in [7, 11) is 0. The smallest absolute Gasteiger partial charge is 0.0914 e. The zero-order valence-electron chi connectivity index (χ0n) is 12.5. The maximum Gasteiger partial charge on any atom is 0.0914 e. The Bertz CT molecular complexity index is 595. The Morgan fingerprint density at radius 3 is 2.76 bits per heavy atom. The maximum absolute atomic E-state index is 10.2. The first-order valence-electron chi connectivity index (χ1n) is 7.26. The Labute approximate surface area is 126 Å². The van der Waals surface area contributed by atoms with Crippen molar-refractivity contribution in [2.45, 2.75) is 13.0 Å². The van der Waals surface area contributed by atoms with Crippen LogP contribution in [0.3, 0.4) is 0 Å². The van der Waals surface area contributed by atoms with Gasteiger partial charge in [0.1, 0.15) is 0 Å². The molecular formula is C18H23NO2. The third-order valence-electron chi connectivity index (χ3n) is 3.27. The normalized spacial score (nSPS) is 12.5. The second kappa shape index (κ2) is 7.93. The highest BCUT2D eigenvalue weighted by Crippen LogP contribution is 2.19. The third-order valence-corrected chi connectivity index (χ3v) is 3.27. The maximum atomic E-state index is 10.2. The lowest BCUT2D eigenvalue weighted by molar-refractivity contribution is 0.144. The van der Waals surface area contributed by atoms with Crippen molar-refractivity contribution in [3.8, 4) is 0 Å². The standard InChI is InChI=1S/C18H23NO2/c1-14(2)13-21-10-9-19-12-18(20)17-8-7-15-5-3-4-6-16(15)11-17/h3-8,11,18-20H,1,9-10,12-13H2,2H3. The fourth-order valence-electron chi connectivity index (χ4n) is 2.16. The number of benzene rings is 2. The van der Waals surface area contributed by atoms with Crippen LogP contribution in [-0.4, -0.2) is 31.4 Å². The third kappa shape index (κ3) is 4.97. The Morgan fingerprint density at radius 1 is 1.24 bits per heavy atom. The zero-order chi connectivity index (χ0) is 15.1. The number of hydrogen-bond acceptors (Lipinski definition) is 3. The van der Waals surface area contributed by atoms with E-state index in [9.17, 15) is 5.11 Å². The fourth-order valence-corrected chi connectivity index (χ4v) is 2.16. The van der Waals surface area contributed by atoms with E-state index in [0.29, 0.717) is 19.8 Å². The first-order chi connectivity index (χ1) is 10.2. The van der Waals surface area contributed by atoms with E-state index in [1.54, 1.807) is 0 Å². The number of ether oxygens (including phenoxy) is 1. The molecule has 21 heavy (non-hydrogen) atoms. The molecule has 0 aromatic heterocycles. The predicted octanol–water partition coefficient (Wildman–Crippen LogP) is 3.06. The van der Waals surface area contributed by atoms with Crippen LogP contribution in [0.15, 0.2) is 54.6 Å². The molecule has 0 heterocycles. The molecule has 2 N–H and O–H groups in total. The quantitative estimate of drug-likeness (QED) is 0.578. The molecular weight excluding hydrogens is 262 g/mol. The van der Waals surface area contributed by atoms with E-state index in [0.717, 1.165) is 23.1 Å². The highest BCUT2D eigenvalue weighted by atomic mass is 16.5. The summed E-state index contributed by atoms with van der Waals surface area (Å²) in [5, 5.41) is 15.7. The summed E-state index contributed by atoms with van der Waals surface area (Å²) in [4.78, 5) is 0. The molecule has 2 rings (SSSR count). The molecule has 0 radical (unpaired) electrons. The molecule has 0 aliphatic heterocycles. The topological polar surface area (TPSA) is 41.5 Å². The van der Waals surface area contributed by atoms with Gasteiger partial charge in [0.25, 0.3) is 0 Å². The summed E-state index contributed by atoms with van der Waals surface area (Å²) >= 11 is 0. The molecule has 1 unspecified atom stereocenters. The molecule has 0 bridgehead atoms. The van der Waals surface area contributed by atoms with Crippen LogP contribution in [0.1, 0.15) is 18.6 Å². The summed E-state index contributed by atoms with van der Waals surface area (Å²) in [5.74, 6) is 0. The molecule has 0 fully saturated rings. The Hall–Kier alpha value is -1.68. The van der Waals surface area contributed by atoms with Crippen molar-refractivity contribution in [2.24, 2.45) is 0 Å². The number of aliphatic hydroxyl groups is 1. The van der Waals surface area contributed by atoms with E-state index >= 15 is 0 Å². The molecule has 0 saturated carbocycles. The van der Waals surface area contributed by atoms with Crippen LogP contribution in [0.4, 0.5) is 0 Å². The zero-order valence-corrected chi connectivity index (χ0v) is 12.5.